The zero-order valence-corrected chi connectivity index (χ0v) is 12.9. The van der Waals surface area contributed by atoms with Crippen LogP contribution in [0.4, 0.5) is 0 Å². The van der Waals surface area contributed by atoms with Gasteiger partial charge in [-0.1, -0.05) is 13.0 Å². The number of likely N-dealkylation sites (N-methyl/N-ethyl adjacent to an activating group) is 2. The first-order valence-electron chi connectivity index (χ1n) is 7.61. The number of aromatic nitrogens is 1. The normalized spacial score (nSPS) is 20.5. The van der Waals surface area contributed by atoms with Gasteiger partial charge in [-0.3, -0.25) is 9.88 Å². The molecule has 112 valence electrons. The van der Waals surface area contributed by atoms with Crippen molar-refractivity contribution >= 4 is 0 Å². The molecular weight excluding hydrogens is 250 g/mol. The summed E-state index contributed by atoms with van der Waals surface area (Å²) in [4.78, 5) is 6.93. The highest BCUT2D eigenvalue weighted by Gasteiger charge is 2.26. The molecule has 2 atom stereocenters. The SMILES string of the molecule is CCNC(CN(C)Cc1cccc(C)n1)C1CCOC1. The van der Waals surface area contributed by atoms with E-state index in [1.807, 2.05) is 13.0 Å². The second-order valence-corrected chi connectivity index (χ2v) is 5.75. The van der Waals surface area contributed by atoms with Crippen LogP contribution < -0.4 is 5.32 Å². The van der Waals surface area contributed by atoms with Crippen molar-refractivity contribution in [2.75, 3.05) is 33.4 Å². The fraction of sp³-hybridized carbons (Fsp3) is 0.688. The van der Waals surface area contributed by atoms with Gasteiger partial charge in [0, 0.05) is 37.4 Å². The molecule has 1 aliphatic heterocycles. The molecule has 1 N–H and O–H groups in total. The summed E-state index contributed by atoms with van der Waals surface area (Å²) < 4.78 is 5.53. The van der Waals surface area contributed by atoms with Gasteiger partial charge >= 0.3 is 0 Å². The highest BCUT2D eigenvalue weighted by atomic mass is 16.5. The molecule has 0 amide bonds. The summed E-state index contributed by atoms with van der Waals surface area (Å²) in [6.07, 6.45) is 1.17. The van der Waals surface area contributed by atoms with Crippen molar-refractivity contribution in [1.29, 1.82) is 0 Å². The first kappa shape index (κ1) is 15.4. The van der Waals surface area contributed by atoms with E-state index in [0.717, 1.165) is 44.2 Å². The first-order valence-corrected chi connectivity index (χ1v) is 7.61. The molecule has 2 unspecified atom stereocenters. The van der Waals surface area contributed by atoms with Crippen LogP contribution in [0.3, 0.4) is 0 Å². The molecule has 0 aromatic carbocycles. The molecule has 2 heterocycles. The number of hydrogen-bond donors (Lipinski definition) is 1. The third-order valence-electron chi connectivity index (χ3n) is 3.89. The smallest absolute Gasteiger partial charge is 0.0547 e. The lowest BCUT2D eigenvalue weighted by Gasteiger charge is -2.28. The fourth-order valence-electron chi connectivity index (χ4n) is 2.88. The van der Waals surface area contributed by atoms with Gasteiger partial charge in [-0.2, -0.15) is 0 Å². The Morgan fingerprint density at radius 1 is 1.50 bits per heavy atom. The number of aryl methyl sites for hydroxylation is 1. The quantitative estimate of drug-likeness (QED) is 0.825. The highest BCUT2D eigenvalue weighted by molar-refractivity contribution is 5.09. The van der Waals surface area contributed by atoms with Crippen LogP contribution in [0, 0.1) is 12.8 Å². The van der Waals surface area contributed by atoms with E-state index >= 15 is 0 Å². The van der Waals surface area contributed by atoms with E-state index in [9.17, 15) is 0 Å². The summed E-state index contributed by atoms with van der Waals surface area (Å²) in [7, 11) is 2.17. The average molecular weight is 277 g/mol. The van der Waals surface area contributed by atoms with Crippen LogP contribution in [0.5, 0.6) is 0 Å². The highest BCUT2D eigenvalue weighted by Crippen LogP contribution is 2.18. The fourth-order valence-corrected chi connectivity index (χ4v) is 2.88. The summed E-state index contributed by atoms with van der Waals surface area (Å²) in [6.45, 7) is 8.97. The molecular formula is C16H27N3O. The predicted octanol–water partition coefficient (Wildman–Crippen LogP) is 1.84. The van der Waals surface area contributed by atoms with Crippen molar-refractivity contribution in [3.05, 3.63) is 29.6 Å². The third kappa shape index (κ3) is 4.54. The van der Waals surface area contributed by atoms with Gasteiger partial charge < -0.3 is 10.1 Å². The van der Waals surface area contributed by atoms with E-state index in [0.29, 0.717) is 12.0 Å². The Kier molecular flexibility index (Phi) is 5.95. The summed E-state index contributed by atoms with van der Waals surface area (Å²) in [6, 6.07) is 6.74. The molecule has 2 rings (SSSR count). The molecule has 1 aromatic heterocycles. The number of pyridine rings is 1. The second kappa shape index (κ2) is 7.72. The summed E-state index contributed by atoms with van der Waals surface area (Å²) in [5, 5.41) is 3.61. The standard InChI is InChI=1S/C16H27N3O/c1-4-17-16(14-8-9-20-12-14)11-19(3)10-15-7-5-6-13(2)18-15/h5-7,14,16-17H,4,8-12H2,1-3H3. The Balaban J connectivity index is 1.88. The molecule has 0 spiro atoms. The zero-order valence-electron chi connectivity index (χ0n) is 12.9. The van der Waals surface area contributed by atoms with Crippen molar-refractivity contribution in [3.63, 3.8) is 0 Å². The van der Waals surface area contributed by atoms with Crippen molar-refractivity contribution < 1.29 is 4.74 Å². The van der Waals surface area contributed by atoms with Crippen molar-refractivity contribution in [2.45, 2.75) is 32.9 Å². The summed E-state index contributed by atoms with van der Waals surface area (Å²) in [5.74, 6) is 0.642. The minimum absolute atomic E-state index is 0.511. The summed E-state index contributed by atoms with van der Waals surface area (Å²) >= 11 is 0. The van der Waals surface area contributed by atoms with Crippen LogP contribution in [0.25, 0.3) is 0 Å². The Bertz CT molecular complexity index is 404. The van der Waals surface area contributed by atoms with E-state index < -0.39 is 0 Å². The lowest BCUT2D eigenvalue weighted by molar-refractivity contribution is 0.166. The molecule has 1 fully saturated rings. The molecule has 0 bridgehead atoms. The van der Waals surface area contributed by atoms with Crippen LogP contribution in [0.2, 0.25) is 0 Å². The molecule has 1 aromatic rings. The predicted molar refractivity (Wildman–Crippen MR) is 81.7 cm³/mol. The van der Waals surface area contributed by atoms with Crippen LogP contribution in [-0.4, -0.2) is 49.3 Å². The van der Waals surface area contributed by atoms with E-state index in [2.05, 4.69) is 41.3 Å². The third-order valence-corrected chi connectivity index (χ3v) is 3.89. The van der Waals surface area contributed by atoms with Crippen LogP contribution >= 0.6 is 0 Å². The maximum atomic E-state index is 5.53. The minimum Gasteiger partial charge on any atom is -0.381 e. The van der Waals surface area contributed by atoms with E-state index in [-0.39, 0.29) is 0 Å². The topological polar surface area (TPSA) is 37.4 Å². The summed E-state index contributed by atoms with van der Waals surface area (Å²) in [5.41, 5.74) is 2.23. The van der Waals surface area contributed by atoms with E-state index in [1.54, 1.807) is 0 Å². The lowest BCUT2D eigenvalue weighted by atomic mass is 9.98. The zero-order chi connectivity index (χ0) is 14.4. The molecule has 0 aliphatic carbocycles. The molecule has 4 nitrogen and oxygen atoms in total. The maximum absolute atomic E-state index is 5.53. The Hall–Kier alpha value is -0.970. The second-order valence-electron chi connectivity index (χ2n) is 5.75. The number of hydrogen-bond acceptors (Lipinski definition) is 4. The number of nitrogens with zero attached hydrogens (tertiary/aromatic N) is 2. The maximum Gasteiger partial charge on any atom is 0.0547 e. The first-order chi connectivity index (χ1) is 9.69. The Morgan fingerprint density at radius 3 is 3.00 bits per heavy atom. The van der Waals surface area contributed by atoms with Crippen molar-refractivity contribution in [1.82, 2.24) is 15.2 Å². The van der Waals surface area contributed by atoms with Gasteiger partial charge in [0.25, 0.3) is 0 Å². The molecule has 4 heteroatoms. The number of rotatable bonds is 7. The molecule has 1 saturated heterocycles. The molecule has 20 heavy (non-hydrogen) atoms. The van der Waals surface area contributed by atoms with E-state index in [1.165, 1.54) is 6.42 Å². The van der Waals surface area contributed by atoms with Crippen LogP contribution in [0.15, 0.2) is 18.2 Å². The number of ether oxygens (including phenoxy) is 1. The van der Waals surface area contributed by atoms with Crippen LogP contribution in [-0.2, 0) is 11.3 Å². The van der Waals surface area contributed by atoms with Crippen molar-refractivity contribution in [2.24, 2.45) is 5.92 Å². The van der Waals surface area contributed by atoms with Gasteiger partial charge in [-0.05, 0) is 39.1 Å². The monoisotopic (exact) mass is 277 g/mol. The molecule has 1 aliphatic rings. The number of nitrogens with one attached hydrogen (secondary N) is 1. The minimum atomic E-state index is 0.511. The Morgan fingerprint density at radius 2 is 2.35 bits per heavy atom. The van der Waals surface area contributed by atoms with Gasteiger partial charge in [-0.25, -0.2) is 0 Å². The van der Waals surface area contributed by atoms with Gasteiger partial charge in [0.1, 0.15) is 0 Å². The Labute approximate surface area is 122 Å². The van der Waals surface area contributed by atoms with Gasteiger partial charge in [0.15, 0.2) is 0 Å². The average Bonchev–Trinajstić information content (AvgIpc) is 2.92. The van der Waals surface area contributed by atoms with E-state index in [4.69, 9.17) is 4.74 Å². The van der Waals surface area contributed by atoms with Crippen molar-refractivity contribution in [3.8, 4) is 0 Å². The van der Waals surface area contributed by atoms with Gasteiger partial charge in [0.2, 0.25) is 0 Å². The van der Waals surface area contributed by atoms with Gasteiger partial charge in [0.05, 0.1) is 12.3 Å². The largest absolute Gasteiger partial charge is 0.381 e. The van der Waals surface area contributed by atoms with Crippen LogP contribution in [0.1, 0.15) is 24.7 Å². The lowest BCUT2D eigenvalue weighted by Crippen LogP contribution is -2.44. The molecule has 0 radical (unpaired) electrons. The van der Waals surface area contributed by atoms with Gasteiger partial charge in [-0.15, -0.1) is 0 Å². The molecule has 0 saturated carbocycles.